The van der Waals surface area contributed by atoms with Crippen LogP contribution in [0.3, 0.4) is 0 Å². The lowest BCUT2D eigenvalue weighted by Gasteiger charge is -2.32. The van der Waals surface area contributed by atoms with Gasteiger partial charge in [0, 0.05) is 25.0 Å². The maximum Gasteiger partial charge on any atom is 0.200 e. The summed E-state index contributed by atoms with van der Waals surface area (Å²) in [6.07, 6.45) is -2.15. The molecule has 56 heavy (non-hydrogen) atoms. The van der Waals surface area contributed by atoms with Crippen LogP contribution in [0.5, 0.6) is 51.7 Å². The van der Waals surface area contributed by atoms with Gasteiger partial charge in [-0.2, -0.15) is 0 Å². The Morgan fingerprint density at radius 1 is 0.571 bits per heavy atom. The van der Waals surface area contributed by atoms with Gasteiger partial charge >= 0.3 is 0 Å². The first-order chi connectivity index (χ1) is 27.0. The van der Waals surface area contributed by atoms with Crippen LogP contribution >= 0.6 is 0 Å². The van der Waals surface area contributed by atoms with Gasteiger partial charge in [-0.1, -0.05) is 25.5 Å². The van der Waals surface area contributed by atoms with Gasteiger partial charge in [-0.05, 0) is 77.2 Å². The molecule has 0 aliphatic rings. The number of phenolic OH excluding ortho intramolecular Hbond substituents is 2. The number of rotatable bonds is 22. The molecule has 5 unspecified atom stereocenters. The minimum Gasteiger partial charge on any atom is -0.504 e. The van der Waals surface area contributed by atoms with Crippen molar-refractivity contribution in [2.75, 3.05) is 62.5 Å². The van der Waals surface area contributed by atoms with E-state index in [1.165, 1.54) is 54.8 Å². The van der Waals surface area contributed by atoms with Crippen molar-refractivity contribution in [1.82, 2.24) is 0 Å². The Hall–Kier alpha value is -5.12. The van der Waals surface area contributed by atoms with Crippen molar-refractivity contribution >= 4 is 0 Å². The first kappa shape index (κ1) is 43.6. The Morgan fingerprint density at radius 3 is 1.71 bits per heavy atom. The summed E-state index contributed by atoms with van der Waals surface area (Å²) in [7, 11) is 8.60. The molecule has 5 atom stereocenters. The number of aryl methyl sites for hydroxylation is 1. The number of benzene rings is 4. The zero-order valence-corrected chi connectivity index (χ0v) is 32.9. The molecule has 0 spiro atoms. The molecule has 0 bridgehead atoms. The van der Waals surface area contributed by atoms with Crippen LogP contribution in [0, 0.1) is 0 Å². The maximum atomic E-state index is 11.9. The van der Waals surface area contributed by atoms with Crippen LogP contribution in [0.25, 0.3) is 0 Å². The minimum absolute atomic E-state index is 0.0902. The van der Waals surface area contributed by atoms with Crippen molar-refractivity contribution in [3.8, 4) is 51.7 Å². The van der Waals surface area contributed by atoms with Crippen molar-refractivity contribution in [3.63, 3.8) is 0 Å². The van der Waals surface area contributed by atoms with E-state index in [0.29, 0.717) is 33.8 Å². The standard InChI is InChI=1S/C42H54O14/c1-8-9-24-10-12-33(35(15-24)50-3)56-42(39(23-45)54-7)29-20-34(49-2)31(46)19-28(29)30(22-44)40(47)26-11-13-32(36(18-26)51-4)55-27(21-43)14-25-16-37(52-5)41(48)38(17-25)53-6/h10-13,15-20,27,30,39-40,42-48H,8-9,14,21-23H2,1-7H3. The topological polar surface area (TPSA) is 195 Å². The highest BCUT2D eigenvalue weighted by molar-refractivity contribution is 5.54. The second kappa shape index (κ2) is 20.7. The highest BCUT2D eigenvalue weighted by atomic mass is 16.6. The van der Waals surface area contributed by atoms with Crippen molar-refractivity contribution < 1.29 is 68.5 Å². The zero-order chi connectivity index (χ0) is 40.9. The van der Waals surface area contributed by atoms with Crippen LogP contribution in [0.2, 0.25) is 0 Å². The summed E-state index contributed by atoms with van der Waals surface area (Å²) < 4.78 is 45.6. The number of aromatic hydroxyl groups is 2. The molecule has 0 aromatic heterocycles. The average molecular weight is 783 g/mol. The van der Waals surface area contributed by atoms with E-state index in [9.17, 15) is 30.6 Å². The largest absolute Gasteiger partial charge is 0.504 e. The lowest BCUT2D eigenvalue weighted by Crippen LogP contribution is -2.31. The molecule has 4 rings (SSSR count). The van der Waals surface area contributed by atoms with E-state index in [1.807, 2.05) is 12.1 Å². The molecule has 14 heteroatoms. The SMILES string of the molecule is CCCc1ccc(OC(c2cc(OC)c(O)cc2C(CO)C(O)c2ccc(OC(CO)Cc3cc(OC)c(O)c(OC)c3)c(OC)c2)C(CO)OC)c(OC)c1. The van der Waals surface area contributed by atoms with Crippen molar-refractivity contribution in [1.29, 1.82) is 0 Å². The van der Waals surface area contributed by atoms with Crippen LogP contribution in [0.4, 0.5) is 0 Å². The average Bonchev–Trinajstić information content (AvgIpc) is 3.22. The van der Waals surface area contributed by atoms with Crippen LogP contribution < -0.4 is 33.2 Å². The van der Waals surface area contributed by atoms with E-state index in [4.69, 9.17) is 37.9 Å². The monoisotopic (exact) mass is 782 g/mol. The molecular formula is C42H54O14. The van der Waals surface area contributed by atoms with E-state index in [-0.39, 0.29) is 53.3 Å². The normalized spacial score (nSPS) is 13.9. The Kier molecular flexibility index (Phi) is 16.1. The quantitative estimate of drug-likeness (QED) is 0.0623. The third-order valence-electron chi connectivity index (χ3n) is 9.54. The van der Waals surface area contributed by atoms with Crippen molar-refractivity contribution in [2.24, 2.45) is 0 Å². The summed E-state index contributed by atoms with van der Waals surface area (Å²) in [6, 6.07) is 16.4. The molecule has 0 radical (unpaired) electrons. The first-order valence-corrected chi connectivity index (χ1v) is 18.1. The Bertz CT molecular complexity index is 1830. The molecule has 4 aromatic rings. The lowest BCUT2D eigenvalue weighted by atomic mass is 9.84. The van der Waals surface area contributed by atoms with Gasteiger partial charge in [-0.25, -0.2) is 0 Å². The molecule has 0 amide bonds. The van der Waals surface area contributed by atoms with Gasteiger partial charge in [0.2, 0.25) is 5.75 Å². The molecule has 4 aromatic carbocycles. The third kappa shape index (κ3) is 10.00. The van der Waals surface area contributed by atoms with Gasteiger partial charge in [0.1, 0.15) is 12.2 Å². The van der Waals surface area contributed by atoms with E-state index < -0.39 is 43.5 Å². The van der Waals surface area contributed by atoms with Gasteiger partial charge in [0.05, 0.1) is 61.5 Å². The Morgan fingerprint density at radius 2 is 1.16 bits per heavy atom. The minimum atomic E-state index is -1.38. The summed E-state index contributed by atoms with van der Waals surface area (Å²) in [5.41, 5.74) is 2.70. The zero-order valence-electron chi connectivity index (χ0n) is 32.9. The van der Waals surface area contributed by atoms with Crippen LogP contribution in [0.1, 0.15) is 59.3 Å². The van der Waals surface area contributed by atoms with E-state index >= 15 is 0 Å². The third-order valence-corrected chi connectivity index (χ3v) is 9.54. The molecule has 0 saturated carbocycles. The smallest absolute Gasteiger partial charge is 0.200 e. The van der Waals surface area contributed by atoms with Gasteiger partial charge in [0.15, 0.2) is 52.1 Å². The fraction of sp³-hybridized carbons (Fsp3) is 0.429. The molecule has 0 fully saturated rings. The number of aliphatic hydroxyl groups is 4. The summed E-state index contributed by atoms with van der Waals surface area (Å²) in [6.45, 7) is 0.661. The van der Waals surface area contributed by atoms with Crippen LogP contribution in [-0.4, -0.2) is 105 Å². The number of hydrogen-bond acceptors (Lipinski definition) is 14. The number of hydrogen-bond donors (Lipinski definition) is 6. The van der Waals surface area contributed by atoms with Gasteiger partial charge in [0.25, 0.3) is 0 Å². The fourth-order valence-corrected chi connectivity index (χ4v) is 6.57. The summed E-state index contributed by atoms with van der Waals surface area (Å²) in [4.78, 5) is 0. The highest BCUT2D eigenvalue weighted by Crippen LogP contribution is 2.45. The molecular weight excluding hydrogens is 728 g/mol. The summed E-state index contributed by atoms with van der Waals surface area (Å²) >= 11 is 0. The number of ether oxygens (including phenoxy) is 8. The molecule has 6 N–H and O–H groups in total. The second-order valence-corrected chi connectivity index (χ2v) is 13.0. The molecule has 0 heterocycles. The Labute approximate surface area is 327 Å². The van der Waals surface area contributed by atoms with E-state index in [0.717, 1.165) is 18.4 Å². The molecule has 14 nitrogen and oxygen atoms in total. The number of phenols is 2. The van der Waals surface area contributed by atoms with Crippen molar-refractivity contribution in [2.45, 2.75) is 56.5 Å². The fourth-order valence-electron chi connectivity index (χ4n) is 6.57. The Balaban J connectivity index is 1.72. The highest BCUT2D eigenvalue weighted by Gasteiger charge is 2.34. The summed E-state index contributed by atoms with van der Waals surface area (Å²) in [5.74, 6) is 0.343. The predicted molar refractivity (Wildman–Crippen MR) is 207 cm³/mol. The van der Waals surface area contributed by atoms with Gasteiger partial charge in [-0.3, -0.25) is 0 Å². The first-order valence-electron chi connectivity index (χ1n) is 18.1. The summed E-state index contributed by atoms with van der Waals surface area (Å²) in [5, 5.41) is 64.8. The lowest BCUT2D eigenvalue weighted by molar-refractivity contribution is -0.0327. The maximum absolute atomic E-state index is 11.9. The molecule has 0 aliphatic heterocycles. The number of aliphatic hydroxyl groups excluding tert-OH is 4. The van der Waals surface area contributed by atoms with Gasteiger partial charge < -0.3 is 68.5 Å². The van der Waals surface area contributed by atoms with E-state index in [1.54, 1.807) is 36.4 Å². The van der Waals surface area contributed by atoms with Crippen LogP contribution in [-0.2, 0) is 17.6 Å². The molecule has 306 valence electrons. The number of methoxy groups -OCH3 is 6. The van der Waals surface area contributed by atoms with E-state index in [2.05, 4.69) is 6.92 Å². The second-order valence-electron chi connectivity index (χ2n) is 13.0. The van der Waals surface area contributed by atoms with Crippen molar-refractivity contribution in [3.05, 3.63) is 88.5 Å². The molecule has 0 saturated heterocycles. The predicted octanol–water partition coefficient (Wildman–Crippen LogP) is 5.01. The molecule has 0 aliphatic carbocycles. The van der Waals surface area contributed by atoms with Gasteiger partial charge in [-0.15, -0.1) is 0 Å². The van der Waals surface area contributed by atoms with Crippen LogP contribution in [0.15, 0.2) is 60.7 Å².